The second-order valence-corrected chi connectivity index (χ2v) is 7.29. The van der Waals surface area contributed by atoms with Crippen LogP contribution in [0.25, 0.3) is 0 Å². The normalized spacial score (nSPS) is 22.6. The predicted octanol–water partition coefficient (Wildman–Crippen LogP) is 2.67. The molecule has 0 radical (unpaired) electrons. The average molecular weight is 316 g/mol. The molecule has 1 amide bonds. The molecule has 0 aliphatic carbocycles. The Kier molecular flexibility index (Phi) is 4.62. The lowest BCUT2D eigenvalue weighted by atomic mass is 9.83. The fourth-order valence-electron chi connectivity index (χ4n) is 3.86. The molecule has 1 atom stereocenters. The van der Waals surface area contributed by atoms with E-state index in [0.29, 0.717) is 6.04 Å². The van der Waals surface area contributed by atoms with Crippen molar-refractivity contribution in [2.75, 3.05) is 33.3 Å². The predicted molar refractivity (Wildman–Crippen MR) is 91.8 cm³/mol. The first-order chi connectivity index (χ1) is 11.0. The molecule has 1 aromatic rings. The highest BCUT2D eigenvalue weighted by Gasteiger charge is 2.38. The van der Waals surface area contributed by atoms with E-state index >= 15 is 0 Å². The number of amides is 1. The smallest absolute Gasteiger partial charge is 0.232 e. The maximum atomic E-state index is 13.1. The fraction of sp³-hybridized carbons (Fsp3) is 0.632. The molecule has 0 spiro atoms. The van der Waals surface area contributed by atoms with Crippen molar-refractivity contribution >= 4 is 5.91 Å². The second kappa shape index (κ2) is 6.52. The molecule has 2 heterocycles. The Morgan fingerprint density at radius 3 is 2.39 bits per heavy atom. The van der Waals surface area contributed by atoms with Crippen molar-refractivity contribution in [2.24, 2.45) is 0 Å². The van der Waals surface area contributed by atoms with Gasteiger partial charge in [0.15, 0.2) is 0 Å². The highest BCUT2D eigenvalue weighted by molar-refractivity contribution is 5.87. The van der Waals surface area contributed by atoms with Crippen LogP contribution in [0.15, 0.2) is 24.3 Å². The summed E-state index contributed by atoms with van der Waals surface area (Å²) < 4.78 is 5.21. The van der Waals surface area contributed by atoms with Gasteiger partial charge in [0.05, 0.1) is 12.5 Å². The molecule has 0 aromatic heterocycles. The summed E-state index contributed by atoms with van der Waals surface area (Å²) in [6.45, 7) is 8.24. The van der Waals surface area contributed by atoms with Crippen LogP contribution in [0.4, 0.5) is 0 Å². The Labute approximate surface area is 139 Å². The molecule has 2 aliphatic rings. The minimum Gasteiger partial charge on any atom is -0.497 e. The molecule has 2 saturated heterocycles. The minimum atomic E-state index is -0.494. The summed E-state index contributed by atoms with van der Waals surface area (Å²) in [5.41, 5.74) is 0.555. The fourth-order valence-corrected chi connectivity index (χ4v) is 3.86. The third-order valence-corrected chi connectivity index (χ3v) is 5.45. The maximum absolute atomic E-state index is 13.1. The van der Waals surface area contributed by atoms with Crippen LogP contribution in [0.3, 0.4) is 0 Å². The molecule has 0 bridgehead atoms. The summed E-state index contributed by atoms with van der Waals surface area (Å²) >= 11 is 0. The number of carbonyl (C=O) groups excluding carboxylic acids is 1. The summed E-state index contributed by atoms with van der Waals surface area (Å²) in [5, 5.41) is 0. The lowest BCUT2D eigenvalue weighted by Gasteiger charge is -2.30. The third kappa shape index (κ3) is 3.23. The molecule has 4 heteroatoms. The third-order valence-electron chi connectivity index (χ3n) is 5.45. The molecular formula is C19H28N2O2. The molecule has 0 saturated carbocycles. The molecule has 23 heavy (non-hydrogen) atoms. The lowest BCUT2D eigenvalue weighted by Crippen LogP contribution is -2.44. The zero-order chi connectivity index (χ0) is 16.4. The van der Waals surface area contributed by atoms with E-state index in [0.717, 1.165) is 30.8 Å². The minimum absolute atomic E-state index is 0.240. The van der Waals surface area contributed by atoms with Gasteiger partial charge in [-0.1, -0.05) is 12.1 Å². The standard InChI is InChI=1S/C19H28N2O2/c1-19(2,15-6-8-17(23-3)9-7-15)18(22)21-13-10-16(14-21)20-11-4-5-12-20/h6-9,16H,4-5,10-14H2,1-3H3. The van der Waals surface area contributed by atoms with E-state index in [2.05, 4.69) is 9.80 Å². The van der Waals surface area contributed by atoms with Gasteiger partial charge in [-0.2, -0.15) is 0 Å². The second-order valence-electron chi connectivity index (χ2n) is 7.29. The Bertz CT molecular complexity index is 547. The maximum Gasteiger partial charge on any atom is 0.232 e. The average Bonchev–Trinajstić information content (AvgIpc) is 3.25. The number of benzene rings is 1. The zero-order valence-corrected chi connectivity index (χ0v) is 14.5. The van der Waals surface area contributed by atoms with Crippen LogP contribution in [0, 0.1) is 0 Å². The van der Waals surface area contributed by atoms with Crippen molar-refractivity contribution in [1.82, 2.24) is 9.80 Å². The van der Waals surface area contributed by atoms with Gasteiger partial charge in [0.2, 0.25) is 5.91 Å². The van der Waals surface area contributed by atoms with Crippen LogP contribution < -0.4 is 4.74 Å². The van der Waals surface area contributed by atoms with Crippen LogP contribution in [0.5, 0.6) is 5.75 Å². The van der Waals surface area contributed by atoms with Gasteiger partial charge in [-0.3, -0.25) is 9.69 Å². The van der Waals surface area contributed by atoms with Crippen LogP contribution in [-0.4, -0.2) is 55.0 Å². The van der Waals surface area contributed by atoms with E-state index in [1.54, 1.807) is 7.11 Å². The summed E-state index contributed by atoms with van der Waals surface area (Å²) in [7, 11) is 1.66. The van der Waals surface area contributed by atoms with Crippen molar-refractivity contribution in [2.45, 2.75) is 44.6 Å². The summed E-state index contributed by atoms with van der Waals surface area (Å²) in [4.78, 5) is 17.7. The van der Waals surface area contributed by atoms with E-state index in [-0.39, 0.29) is 5.91 Å². The van der Waals surface area contributed by atoms with E-state index in [9.17, 15) is 4.79 Å². The van der Waals surface area contributed by atoms with E-state index in [1.807, 2.05) is 38.1 Å². The first kappa shape index (κ1) is 16.3. The first-order valence-electron chi connectivity index (χ1n) is 8.70. The number of ether oxygens (including phenoxy) is 1. The highest BCUT2D eigenvalue weighted by atomic mass is 16.5. The molecule has 126 valence electrons. The first-order valence-corrected chi connectivity index (χ1v) is 8.70. The van der Waals surface area contributed by atoms with Gasteiger partial charge in [-0.15, -0.1) is 0 Å². The topological polar surface area (TPSA) is 32.8 Å². The van der Waals surface area contributed by atoms with Crippen LogP contribution >= 0.6 is 0 Å². The highest BCUT2D eigenvalue weighted by Crippen LogP contribution is 2.30. The van der Waals surface area contributed by atoms with Crippen molar-refractivity contribution < 1.29 is 9.53 Å². The number of rotatable bonds is 4. The summed E-state index contributed by atoms with van der Waals surface area (Å²) in [6.07, 6.45) is 3.73. The molecule has 0 N–H and O–H groups in total. The van der Waals surface area contributed by atoms with Crippen molar-refractivity contribution in [1.29, 1.82) is 0 Å². The lowest BCUT2D eigenvalue weighted by molar-refractivity contribution is -0.135. The van der Waals surface area contributed by atoms with Gasteiger partial charge in [0.1, 0.15) is 5.75 Å². The van der Waals surface area contributed by atoms with E-state index in [1.165, 1.54) is 25.9 Å². The van der Waals surface area contributed by atoms with Gasteiger partial charge in [0, 0.05) is 19.1 Å². The van der Waals surface area contributed by atoms with Crippen LogP contribution in [0.1, 0.15) is 38.7 Å². The Morgan fingerprint density at radius 1 is 1.13 bits per heavy atom. The van der Waals surface area contributed by atoms with Crippen molar-refractivity contribution in [3.8, 4) is 5.75 Å². The van der Waals surface area contributed by atoms with E-state index < -0.39 is 5.41 Å². The van der Waals surface area contributed by atoms with Crippen LogP contribution in [-0.2, 0) is 10.2 Å². The quantitative estimate of drug-likeness (QED) is 0.856. The SMILES string of the molecule is COc1ccc(C(C)(C)C(=O)N2CCC(N3CCCC3)C2)cc1. The van der Waals surface area contributed by atoms with Gasteiger partial charge < -0.3 is 9.64 Å². The van der Waals surface area contributed by atoms with Gasteiger partial charge >= 0.3 is 0 Å². The number of likely N-dealkylation sites (tertiary alicyclic amines) is 2. The van der Waals surface area contributed by atoms with Gasteiger partial charge in [-0.25, -0.2) is 0 Å². The Hall–Kier alpha value is -1.55. The number of nitrogens with zero attached hydrogens (tertiary/aromatic N) is 2. The van der Waals surface area contributed by atoms with Crippen LogP contribution in [0.2, 0.25) is 0 Å². The van der Waals surface area contributed by atoms with Gasteiger partial charge in [-0.05, 0) is 63.9 Å². The molecule has 1 aromatic carbocycles. The molecule has 1 unspecified atom stereocenters. The van der Waals surface area contributed by atoms with Crippen molar-refractivity contribution in [3.05, 3.63) is 29.8 Å². The summed E-state index contributed by atoms with van der Waals surface area (Å²) in [5.74, 6) is 1.07. The molecule has 3 rings (SSSR count). The Balaban J connectivity index is 1.68. The van der Waals surface area contributed by atoms with Gasteiger partial charge in [0.25, 0.3) is 0 Å². The zero-order valence-electron chi connectivity index (χ0n) is 14.5. The number of carbonyl (C=O) groups is 1. The molecule has 4 nitrogen and oxygen atoms in total. The molecular weight excluding hydrogens is 288 g/mol. The molecule has 2 fully saturated rings. The number of hydrogen-bond donors (Lipinski definition) is 0. The summed E-state index contributed by atoms with van der Waals surface area (Å²) in [6, 6.07) is 8.44. The number of methoxy groups -OCH3 is 1. The van der Waals surface area contributed by atoms with E-state index in [4.69, 9.17) is 4.74 Å². The Morgan fingerprint density at radius 2 is 1.78 bits per heavy atom. The monoisotopic (exact) mass is 316 g/mol. The van der Waals surface area contributed by atoms with Crippen molar-refractivity contribution in [3.63, 3.8) is 0 Å². The number of hydrogen-bond acceptors (Lipinski definition) is 3. The molecule has 2 aliphatic heterocycles. The largest absolute Gasteiger partial charge is 0.497 e.